The van der Waals surface area contributed by atoms with Crippen molar-refractivity contribution >= 4 is 52.5 Å². The molecule has 1 amide bonds. The summed E-state index contributed by atoms with van der Waals surface area (Å²) in [5, 5.41) is 16.5. The molecule has 0 bridgehead atoms. The molecule has 4 atom stereocenters. The average Bonchev–Trinajstić information content (AvgIpc) is 2.93. The van der Waals surface area contributed by atoms with Crippen LogP contribution in [0.5, 0.6) is 0 Å². The number of nitrogens with one attached hydrogen (secondary N) is 2. The number of nitrogens with zero attached hydrogens (tertiary/aromatic N) is 5. The van der Waals surface area contributed by atoms with E-state index in [1.165, 1.54) is 0 Å². The molecule has 2 fully saturated rings. The van der Waals surface area contributed by atoms with Gasteiger partial charge in [0.25, 0.3) is 0 Å². The third-order valence-electron chi connectivity index (χ3n) is 7.09. The second-order valence-corrected chi connectivity index (χ2v) is 11.2. The van der Waals surface area contributed by atoms with Gasteiger partial charge in [0.05, 0.1) is 23.2 Å². The number of carbonyl (C=O) groups excluding carboxylic acids is 2. The number of carbonyl (C=O) groups is 2. The molecule has 14 heteroatoms. The highest BCUT2D eigenvalue weighted by Crippen LogP contribution is 2.25. The lowest BCUT2D eigenvalue weighted by molar-refractivity contribution is -0.115. The minimum Gasteiger partial charge on any atom is -0.391 e. The molecule has 1 aromatic heterocycles. The van der Waals surface area contributed by atoms with E-state index in [0.717, 1.165) is 0 Å². The Hall–Kier alpha value is -3.88. The molecule has 2 aliphatic heterocycles. The molecule has 222 valence electrons. The number of aliphatic hydroxyl groups is 1. The van der Waals surface area contributed by atoms with Gasteiger partial charge in [0, 0.05) is 55.6 Å². The van der Waals surface area contributed by atoms with Gasteiger partial charge >= 0.3 is 0 Å². The van der Waals surface area contributed by atoms with Crippen LogP contribution in [0.1, 0.15) is 29.6 Å². The van der Waals surface area contributed by atoms with Crippen LogP contribution in [0.2, 0.25) is 5.02 Å². The van der Waals surface area contributed by atoms with Crippen molar-refractivity contribution in [2.45, 2.75) is 43.5 Å². The van der Waals surface area contributed by atoms with Crippen molar-refractivity contribution in [1.82, 2.24) is 15.0 Å². The summed E-state index contributed by atoms with van der Waals surface area (Å²) in [6, 6.07) is 13.0. The normalized spacial score (nSPS) is 22.5. The van der Waals surface area contributed by atoms with E-state index in [9.17, 15) is 14.7 Å². The zero-order chi connectivity index (χ0) is 29.8. The van der Waals surface area contributed by atoms with Crippen LogP contribution < -0.4 is 37.6 Å². The standard InChI is InChI=1S/C28H35ClN10O3/c29-22-3-1-2-4-23(22)34-25(42)11-24(41)16-5-7-20(8-6-16)33-26-35-27(38-12-17(30)9-18(31)13-38)37-28(36-26)39-14-19(32)10-21(40)15-39/h1-8,17-19,21,40H,9-15,30-32H2,(H,34,42)(H,33,35,36,37)/t17-,18+,19?,21?. The van der Waals surface area contributed by atoms with Crippen LogP contribution in [0, 0.1) is 0 Å². The Morgan fingerprint density at radius 1 is 0.857 bits per heavy atom. The van der Waals surface area contributed by atoms with Crippen LogP contribution in [0.3, 0.4) is 0 Å². The van der Waals surface area contributed by atoms with E-state index >= 15 is 0 Å². The quantitative estimate of drug-likeness (QED) is 0.161. The number of halogens is 1. The lowest BCUT2D eigenvalue weighted by atomic mass is 10.0. The summed E-state index contributed by atoms with van der Waals surface area (Å²) in [5.74, 6) is 0.266. The third kappa shape index (κ3) is 7.49. The second kappa shape index (κ2) is 13.0. The Bertz CT molecular complexity index is 1360. The largest absolute Gasteiger partial charge is 0.391 e. The summed E-state index contributed by atoms with van der Waals surface area (Å²) >= 11 is 6.09. The highest BCUT2D eigenvalue weighted by Gasteiger charge is 2.29. The fraction of sp³-hybridized carbons (Fsp3) is 0.393. The number of piperidine rings is 2. The Morgan fingerprint density at radius 3 is 2.07 bits per heavy atom. The van der Waals surface area contributed by atoms with Crippen molar-refractivity contribution < 1.29 is 14.7 Å². The van der Waals surface area contributed by atoms with Gasteiger partial charge in [0.15, 0.2) is 5.78 Å². The zero-order valence-electron chi connectivity index (χ0n) is 23.0. The van der Waals surface area contributed by atoms with Crippen molar-refractivity contribution in [3.8, 4) is 0 Å². The first-order chi connectivity index (χ1) is 20.1. The predicted molar refractivity (Wildman–Crippen MR) is 162 cm³/mol. The Morgan fingerprint density at radius 2 is 1.45 bits per heavy atom. The molecule has 2 unspecified atom stereocenters. The molecule has 5 rings (SSSR count). The molecule has 0 spiro atoms. The maximum absolute atomic E-state index is 12.7. The number of Topliss-reactive ketones (excluding diaryl/α,β-unsaturated/α-hetero) is 1. The topological polar surface area (TPSA) is 202 Å². The van der Waals surface area contributed by atoms with Gasteiger partial charge in [-0.05, 0) is 49.2 Å². The second-order valence-electron chi connectivity index (χ2n) is 10.8. The fourth-order valence-corrected chi connectivity index (χ4v) is 5.36. The number of ketones is 1. The third-order valence-corrected chi connectivity index (χ3v) is 7.42. The van der Waals surface area contributed by atoms with E-state index < -0.39 is 12.0 Å². The fourth-order valence-electron chi connectivity index (χ4n) is 5.18. The van der Waals surface area contributed by atoms with Crippen LogP contribution in [0.25, 0.3) is 0 Å². The minimum absolute atomic E-state index is 0.118. The van der Waals surface area contributed by atoms with E-state index in [2.05, 4.69) is 25.6 Å². The zero-order valence-corrected chi connectivity index (χ0v) is 23.7. The summed E-state index contributed by atoms with van der Waals surface area (Å²) in [6.45, 7) is 1.91. The number of hydrogen-bond donors (Lipinski definition) is 6. The van der Waals surface area contributed by atoms with Crippen molar-refractivity contribution in [3.05, 3.63) is 59.1 Å². The maximum atomic E-state index is 12.7. The molecule has 2 aromatic carbocycles. The average molecular weight is 595 g/mol. The maximum Gasteiger partial charge on any atom is 0.233 e. The number of hydrogen-bond acceptors (Lipinski definition) is 12. The number of aromatic nitrogens is 3. The summed E-state index contributed by atoms with van der Waals surface area (Å²) in [4.78, 5) is 42.8. The first kappa shape index (κ1) is 29.6. The predicted octanol–water partition coefficient (Wildman–Crippen LogP) is 1.24. The number of para-hydroxylation sites is 1. The number of amides is 1. The van der Waals surface area contributed by atoms with Crippen LogP contribution in [-0.4, -0.2) is 82.2 Å². The van der Waals surface area contributed by atoms with Crippen molar-refractivity contribution in [2.24, 2.45) is 17.2 Å². The highest BCUT2D eigenvalue weighted by atomic mass is 35.5. The van der Waals surface area contributed by atoms with E-state index in [1.807, 2.05) is 9.80 Å². The van der Waals surface area contributed by atoms with Gasteiger partial charge in [-0.3, -0.25) is 9.59 Å². The van der Waals surface area contributed by atoms with Crippen LogP contribution in [0.4, 0.5) is 29.2 Å². The number of rotatable bonds is 8. The van der Waals surface area contributed by atoms with E-state index in [1.54, 1.807) is 48.5 Å². The lowest BCUT2D eigenvalue weighted by Gasteiger charge is -2.36. The highest BCUT2D eigenvalue weighted by molar-refractivity contribution is 6.33. The lowest BCUT2D eigenvalue weighted by Crippen LogP contribution is -2.53. The molecule has 0 radical (unpaired) electrons. The number of anilines is 5. The van der Waals surface area contributed by atoms with Crippen LogP contribution in [-0.2, 0) is 4.79 Å². The first-order valence-corrected chi connectivity index (χ1v) is 14.2. The van der Waals surface area contributed by atoms with Crippen molar-refractivity contribution in [1.29, 1.82) is 0 Å². The molecule has 3 aromatic rings. The molecule has 3 heterocycles. The number of nitrogens with two attached hydrogens (primary N) is 3. The summed E-state index contributed by atoms with van der Waals surface area (Å²) < 4.78 is 0. The molecule has 2 saturated heterocycles. The molecule has 42 heavy (non-hydrogen) atoms. The van der Waals surface area contributed by atoms with Crippen LogP contribution in [0.15, 0.2) is 48.5 Å². The first-order valence-electron chi connectivity index (χ1n) is 13.8. The van der Waals surface area contributed by atoms with Gasteiger partial charge in [-0.15, -0.1) is 0 Å². The monoisotopic (exact) mass is 594 g/mol. The number of benzene rings is 2. The molecule has 0 aliphatic carbocycles. The van der Waals surface area contributed by atoms with E-state index in [-0.39, 0.29) is 36.3 Å². The number of β-amino-alcohol motifs (C(OH)–C–C–N with tert-alkyl or cyclic N) is 1. The number of aliphatic hydroxyl groups excluding tert-OH is 1. The molecular weight excluding hydrogens is 560 g/mol. The van der Waals surface area contributed by atoms with Gasteiger partial charge in [-0.25, -0.2) is 0 Å². The van der Waals surface area contributed by atoms with Gasteiger partial charge < -0.3 is 42.7 Å². The Balaban J connectivity index is 1.31. The SMILES string of the molecule is NC1CC(O)CN(c2nc(Nc3ccc(C(=O)CC(=O)Nc4ccccc4Cl)cc3)nc(N3C[C@H](N)C[C@H](N)C3)n2)C1. The van der Waals surface area contributed by atoms with E-state index in [0.29, 0.717) is 72.9 Å². The van der Waals surface area contributed by atoms with Gasteiger partial charge in [-0.1, -0.05) is 23.7 Å². The minimum atomic E-state index is -0.598. The molecule has 13 nitrogen and oxygen atoms in total. The molecule has 9 N–H and O–H groups in total. The summed E-state index contributed by atoms with van der Waals surface area (Å²) in [6.07, 6.45) is 0.281. The van der Waals surface area contributed by atoms with Gasteiger partial charge in [-0.2, -0.15) is 15.0 Å². The summed E-state index contributed by atoms with van der Waals surface area (Å²) in [5.41, 5.74) is 20.0. The van der Waals surface area contributed by atoms with Crippen molar-refractivity contribution in [3.63, 3.8) is 0 Å². The van der Waals surface area contributed by atoms with Crippen molar-refractivity contribution in [2.75, 3.05) is 46.6 Å². The van der Waals surface area contributed by atoms with E-state index in [4.69, 9.17) is 28.8 Å². The summed E-state index contributed by atoms with van der Waals surface area (Å²) in [7, 11) is 0. The van der Waals surface area contributed by atoms with Gasteiger partial charge in [0.2, 0.25) is 23.8 Å². The Labute approximate surface area is 248 Å². The Kier molecular flexibility index (Phi) is 9.14. The van der Waals surface area contributed by atoms with Crippen LogP contribution >= 0.6 is 11.6 Å². The molecular formula is C28H35ClN10O3. The molecule has 0 saturated carbocycles. The van der Waals surface area contributed by atoms with Gasteiger partial charge in [0.1, 0.15) is 0 Å². The molecule has 2 aliphatic rings. The smallest absolute Gasteiger partial charge is 0.233 e.